The van der Waals surface area contributed by atoms with E-state index in [2.05, 4.69) is 15.3 Å². The number of anilines is 2. The molecule has 3 rings (SSSR count). The van der Waals surface area contributed by atoms with E-state index in [4.69, 9.17) is 0 Å². The minimum absolute atomic E-state index is 0.212. The van der Waals surface area contributed by atoms with Crippen LogP contribution in [0.15, 0.2) is 54.9 Å². The van der Waals surface area contributed by atoms with Crippen molar-refractivity contribution < 1.29 is 4.39 Å². The molecule has 0 fully saturated rings. The number of nitrogens with one attached hydrogen (secondary N) is 1. The third kappa shape index (κ3) is 3.19. The van der Waals surface area contributed by atoms with Crippen LogP contribution in [0.5, 0.6) is 0 Å². The van der Waals surface area contributed by atoms with Crippen LogP contribution in [0.1, 0.15) is 10.4 Å². The quantitative estimate of drug-likeness (QED) is 0.787. The smallest absolute Gasteiger partial charge is 0.188 e. The second-order valence-electron chi connectivity index (χ2n) is 4.27. The Labute approximate surface area is 120 Å². The number of benzene rings is 1. The molecule has 3 aromatic rings. The van der Waals surface area contributed by atoms with Gasteiger partial charge in [-0.1, -0.05) is 18.2 Å². The molecule has 5 heteroatoms. The molecule has 0 aliphatic carbocycles. The molecule has 0 bridgehead atoms. The van der Waals surface area contributed by atoms with Gasteiger partial charge in [0.2, 0.25) is 0 Å². The van der Waals surface area contributed by atoms with Crippen molar-refractivity contribution in [3.05, 3.63) is 71.1 Å². The average molecular weight is 285 g/mol. The maximum absolute atomic E-state index is 12.8. The zero-order valence-electron chi connectivity index (χ0n) is 10.6. The maximum atomic E-state index is 12.8. The molecule has 3 nitrogen and oxygen atoms in total. The van der Waals surface area contributed by atoms with Crippen molar-refractivity contribution in [1.82, 2.24) is 9.97 Å². The van der Waals surface area contributed by atoms with Crippen LogP contribution in [0.4, 0.5) is 15.3 Å². The standard InChI is InChI=1S/C15H12FN3S/c16-12-6-4-11(5-7-12)9-13-10-18-15(20-13)19-14-3-1-2-8-17-14/h1-8,10H,9H2,(H,17,18,19). The average Bonchev–Trinajstić information content (AvgIpc) is 2.90. The highest BCUT2D eigenvalue weighted by Gasteiger charge is 2.04. The predicted octanol–water partition coefficient (Wildman–Crippen LogP) is 4.01. The van der Waals surface area contributed by atoms with Crippen LogP contribution < -0.4 is 5.32 Å². The van der Waals surface area contributed by atoms with Crippen molar-refractivity contribution in [2.45, 2.75) is 6.42 Å². The van der Waals surface area contributed by atoms with Crippen molar-refractivity contribution in [3.8, 4) is 0 Å². The summed E-state index contributed by atoms with van der Waals surface area (Å²) in [6.45, 7) is 0. The number of nitrogens with zero attached hydrogens (tertiary/aromatic N) is 2. The van der Waals surface area contributed by atoms with Crippen molar-refractivity contribution in [3.63, 3.8) is 0 Å². The number of halogens is 1. The van der Waals surface area contributed by atoms with E-state index in [-0.39, 0.29) is 5.82 Å². The van der Waals surface area contributed by atoms with Crippen molar-refractivity contribution in [2.24, 2.45) is 0 Å². The number of hydrogen-bond acceptors (Lipinski definition) is 4. The van der Waals surface area contributed by atoms with Crippen molar-refractivity contribution in [1.29, 1.82) is 0 Å². The molecule has 1 aromatic carbocycles. The van der Waals surface area contributed by atoms with Crippen LogP contribution in [0.25, 0.3) is 0 Å². The van der Waals surface area contributed by atoms with E-state index < -0.39 is 0 Å². The summed E-state index contributed by atoms with van der Waals surface area (Å²) in [4.78, 5) is 9.63. The van der Waals surface area contributed by atoms with Gasteiger partial charge in [-0.25, -0.2) is 14.4 Å². The first kappa shape index (κ1) is 12.7. The van der Waals surface area contributed by atoms with E-state index in [0.717, 1.165) is 27.8 Å². The van der Waals surface area contributed by atoms with Crippen LogP contribution >= 0.6 is 11.3 Å². The largest absolute Gasteiger partial charge is 0.316 e. The lowest BCUT2D eigenvalue weighted by molar-refractivity contribution is 0.627. The summed E-state index contributed by atoms with van der Waals surface area (Å²) in [6, 6.07) is 12.2. The number of rotatable bonds is 4. The first-order valence-electron chi connectivity index (χ1n) is 6.17. The van der Waals surface area contributed by atoms with Crippen LogP contribution in [0.3, 0.4) is 0 Å². The Balaban J connectivity index is 1.69. The Morgan fingerprint density at radius 1 is 1.05 bits per heavy atom. The van der Waals surface area contributed by atoms with Gasteiger partial charge in [-0.05, 0) is 29.8 Å². The predicted molar refractivity (Wildman–Crippen MR) is 78.8 cm³/mol. The fourth-order valence-electron chi connectivity index (χ4n) is 1.80. The third-order valence-electron chi connectivity index (χ3n) is 2.75. The van der Waals surface area contributed by atoms with Gasteiger partial charge in [0.15, 0.2) is 5.13 Å². The van der Waals surface area contributed by atoms with E-state index in [0.29, 0.717) is 0 Å². The van der Waals surface area contributed by atoms with Gasteiger partial charge in [0.25, 0.3) is 0 Å². The summed E-state index contributed by atoms with van der Waals surface area (Å²) in [7, 11) is 0. The first-order chi connectivity index (χ1) is 9.79. The summed E-state index contributed by atoms with van der Waals surface area (Å²) in [5.74, 6) is 0.561. The highest BCUT2D eigenvalue weighted by molar-refractivity contribution is 7.15. The summed E-state index contributed by atoms with van der Waals surface area (Å²) in [5.41, 5.74) is 1.07. The Kier molecular flexibility index (Phi) is 3.69. The van der Waals surface area contributed by atoms with Gasteiger partial charge in [-0.15, -0.1) is 11.3 Å². The van der Waals surface area contributed by atoms with E-state index >= 15 is 0 Å². The molecule has 0 saturated carbocycles. The molecule has 20 heavy (non-hydrogen) atoms. The van der Waals surface area contributed by atoms with Gasteiger partial charge in [0.1, 0.15) is 11.6 Å². The van der Waals surface area contributed by atoms with E-state index in [1.54, 1.807) is 29.7 Å². The van der Waals surface area contributed by atoms with Crippen molar-refractivity contribution in [2.75, 3.05) is 5.32 Å². The Bertz CT molecular complexity index is 680. The second kappa shape index (κ2) is 5.79. The molecule has 0 aliphatic rings. The van der Waals surface area contributed by atoms with Crippen LogP contribution in [0.2, 0.25) is 0 Å². The minimum atomic E-state index is -0.212. The molecule has 0 saturated heterocycles. The van der Waals surface area contributed by atoms with Gasteiger partial charge in [-0.2, -0.15) is 0 Å². The monoisotopic (exact) mass is 285 g/mol. The number of thiazole rings is 1. The van der Waals surface area contributed by atoms with Gasteiger partial charge >= 0.3 is 0 Å². The van der Waals surface area contributed by atoms with Gasteiger partial charge in [-0.3, -0.25) is 0 Å². The third-order valence-corrected chi connectivity index (χ3v) is 3.66. The molecule has 2 heterocycles. The molecule has 0 aliphatic heterocycles. The molecular formula is C15H12FN3S. The Morgan fingerprint density at radius 3 is 2.65 bits per heavy atom. The fourth-order valence-corrected chi connectivity index (χ4v) is 2.65. The molecule has 0 amide bonds. The van der Waals surface area contributed by atoms with E-state index in [1.807, 2.05) is 24.4 Å². The minimum Gasteiger partial charge on any atom is -0.316 e. The second-order valence-corrected chi connectivity index (χ2v) is 5.39. The molecule has 100 valence electrons. The molecule has 2 aromatic heterocycles. The van der Waals surface area contributed by atoms with Crippen LogP contribution in [-0.2, 0) is 6.42 Å². The highest BCUT2D eigenvalue weighted by atomic mass is 32.1. The lowest BCUT2D eigenvalue weighted by Gasteiger charge is -1.99. The highest BCUT2D eigenvalue weighted by Crippen LogP contribution is 2.23. The van der Waals surface area contributed by atoms with Crippen LogP contribution in [-0.4, -0.2) is 9.97 Å². The molecule has 0 unspecified atom stereocenters. The maximum Gasteiger partial charge on any atom is 0.188 e. The SMILES string of the molecule is Fc1ccc(Cc2cnc(Nc3ccccn3)s2)cc1. The topological polar surface area (TPSA) is 37.8 Å². The van der Waals surface area contributed by atoms with Gasteiger partial charge in [0, 0.05) is 23.7 Å². The molecule has 1 N–H and O–H groups in total. The van der Waals surface area contributed by atoms with Gasteiger partial charge in [0.05, 0.1) is 0 Å². The Hall–Kier alpha value is -2.27. The molecular weight excluding hydrogens is 273 g/mol. The number of hydrogen-bond donors (Lipinski definition) is 1. The number of aromatic nitrogens is 2. The zero-order valence-corrected chi connectivity index (χ0v) is 11.4. The first-order valence-corrected chi connectivity index (χ1v) is 6.98. The molecule has 0 atom stereocenters. The molecule has 0 spiro atoms. The molecule has 0 radical (unpaired) electrons. The zero-order chi connectivity index (χ0) is 13.8. The Morgan fingerprint density at radius 2 is 1.90 bits per heavy atom. The summed E-state index contributed by atoms with van der Waals surface area (Å²) in [6.07, 6.45) is 4.32. The normalized spacial score (nSPS) is 10.4. The number of pyridine rings is 1. The van der Waals surface area contributed by atoms with Crippen LogP contribution in [0, 0.1) is 5.82 Å². The van der Waals surface area contributed by atoms with Gasteiger partial charge < -0.3 is 5.32 Å². The fraction of sp³-hybridized carbons (Fsp3) is 0.0667. The van der Waals surface area contributed by atoms with E-state index in [1.165, 1.54) is 12.1 Å². The lowest BCUT2D eigenvalue weighted by Crippen LogP contribution is -1.90. The summed E-state index contributed by atoms with van der Waals surface area (Å²) < 4.78 is 12.8. The lowest BCUT2D eigenvalue weighted by atomic mass is 10.1. The summed E-state index contributed by atoms with van der Waals surface area (Å²) >= 11 is 1.57. The van der Waals surface area contributed by atoms with Crippen molar-refractivity contribution >= 4 is 22.3 Å². The van der Waals surface area contributed by atoms with E-state index in [9.17, 15) is 4.39 Å². The summed E-state index contributed by atoms with van der Waals surface area (Å²) in [5, 5.41) is 3.96.